The van der Waals surface area contributed by atoms with Crippen molar-refractivity contribution in [2.75, 3.05) is 33.8 Å². The zero-order valence-electron chi connectivity index (χ0n) is 11.0. The van der Waals surface area contributed by atoms with Crippen molar-refractivity contribution in [3.8, 4) is 5.75 Å². The molecular weight excluding hydrogens is 228 g/mol. The summed E-state index contributed by atoms with van der Waals surface area (Å²) in [7, 11) is 3.73. The van der Waals surface area contributed by atoms with Crippen molar-refractivity contribution in [2.24, 2.45) is 5.92 Å². The fourth-order valence-corrected chi connectivity index (χ4v) is 2.19. The molecule has 0 saturated heterocycles. The Kier molecular flexibility index (Phi) is 4.20. The third-order valence-electron chi connectivity index (χ3n) is 3.30. The first-order valence-electron chi connectivity index (χ1n) is 6.32. The van der Waals surface area contributed by atoms with Crippen molar-refractivity contribution >= 4 is 5.91 Å². The van der Waals surface area contributed by atoms with E-state index in [0.717, 1.165) is 30.8 Å². The fourth-order valence-electron chi connectivity index (χ4n) is 2.19. The van der Waals surface area contributed by atoms with Crippen LogP contribution < -0.4 is 10.1 Å². The Morgan fingerprint density at radius 3 is 3.06 bits per heavy atom. The van der Waals surface area contributed by atoms with Gasteiger partial charge in [-0.3, -0.25) is 4.79 Å². The Hall–Kier alpha value is -1.55. The van der Waals surface area contributed by atoms with Gasteiger partial charge in [0.15, 0.2) is 0 Å². The Bertz CT molecular complexity index is 420. The van der Waals surface area contributed by atoms with E-state index in [0.29, 0.717) is 6.61 Å². The number of amides is 1. The van der Waals surface area contributed by atoms with Crippen molar-refractivity contribution in [3.63, 3.8) is 0 Å². The van der Waals surface area contributed by atoms with Crippen LogP contribution in [0.3, 0.4) is 0 Å². The molecule has 1 amide bonds. The maximum Gasteiger partial charge on any atom is 0.229 e. The number of nitrogens with one attached hydrogen (secondary N) is 1. The monoisotopic (exact) mass is 248 g/mol. The molecule has 2 rings (SSSR count). The van der Waals surface area contributed by atoms with E-state index in [4.69, 9.17) is 4.74 Å². The number of nitrogens with zero attached hydrogens (tertiary/aromatic N) is 1. The summed E-state index contributed by atoms with van der Waals surface area (Å²) in [6, 6.07) is 7.93. The number of para-hydroxylation sites is 1. The van der Waals surface area contributed by atoms with Crippen molar-refractivity contribution in [1.29, 1.82) is 0 Å². The lowest BCUT2D eigenvalue weighted by atomic mass is 9.95. The number of carbonyl (C=O) groups excluding carboxylic acids is 1. The zero-order valence-corrected chi connectivity index (χ0v) is 11.0. The van der Waals surface area contributed by atoms with Crippen LogP contribution in [0.25, 0.3) is 0 Å². The van der Waals surface area contributed by atoms with Gasteiger partial charge in [0.05, 0.1) is 5.92 Å². The fraction of sp³-hybridized carbons (Fsp3) is 0.500. The maximum atomic E-state index is 12.2. The summed E-state index contributed by atoms with van der Waals surface area (Å²) < 4.78 is 5.65. The number of hydrogen-bond acceptors (Lipinski definition) is 3. The van der Waals surface area contributed by atoms with Gasteiger partial charge in [-0.15, -0.1) is 0 Å². The number of likely N-dealkylation sites (N-methyl/N-ethyl adjacent to an activating group) is 2. The standard InChI is InChI=1S/C14H20N2O2/c1-15-7-8-16(2)14(17)12-9-11-5-3-4-6-13(11)18-10-12/h3-6,12,15H,7-10H2,1-2H3. The lowest BCUT2D eigenvalue weighted by Gasteiger charge is -2.28. The smallest absolute Gasteiger partial charge is 0.229 e. The van der Waals surface area contributed by atoms with Gasteiger partial charge in [-0.2, -0.15) is 0 Å². The van der Waals surface area contributed by atoms with Gasteiger partial charge >= 0.3 is 0 Å². The van der Waals surface area contributed by atoms with E-state index < -0.39 is 0 Å². The second-order valence-corrected chi connectivity index (χ2v) is 4.68. The first-order valence-corrected chi connectivity index (χ1v) is 6.32. The molecule has 0 aromatic heterocycles. The highest BCUT2D eigenvalue weighted by Gasteiger charge is 2.27. The van der Waals surface area contributed by atoms with Crippen LogP contribution in [0.15, 0.2) is 24.3 Å². The molecule has 1 atom stereocenters. The first-order chi connectivity index (χ1) is 8.72. The number of carbonyl (C=O) groups is 1. The molecule has 1 aliphatic rings. The van der Waals surface area contributed by atoms with E-state index >= 15 is 0 Å². The molecule has 4 nitrogen and oxygen atoms in total. The van der Waals surface area contributed by atoms with E-state index in [9.17, 15) is 4.79 Å². The molecule has 0 bridgehead atoms. The van der Waals surface area contributed by atoms with Crippen LogP contribution in [-0.4, -0.2) is 44.6 Å². The number of fused-ring (bicyclic) bond motifs is 1. The lowest BCUT2D eigenvalue weighted by Crippen LogP contribution is -2.41. The summed E-state index contributed by atoms with van der Waals surface area (Å²) in [5.74, 6) is 1.03. The lowest BCUT2D eigenvalue weighted by molar-refractivity contribution is -0.135. The summed E-state index contributed by atoms with van der Waals surface area (Å²) in [5, 5.41) is 3.05. The largest absolute Gasteiger partial charge is 0.492 e. The van der Waals surface area contributed by atoms with E-state index in [2.05, 4.69) is 5.32 Å². The van der Waals surface area contributed by atoms with Crippen molar-refractivity contribution in [3.05, 3.63) is 29.8 Å². The molecular formula is C14H20N2O2. The quantitative estimate of drug-likeness (QED) is 0.861. The Labute approximate surface area is 108 Å². The highest BCUT2D eigenvalue weighted by atomic mass is 16.5. The van der Waals surface area contributed by atoms with Gasteiger partial charge in [-0.25, -0.2) is 0 Å². The van der Waals surface area contributed by atoms with Crippen LogP contribution in [0, 0.1) is 5.92 Å². The number of ether oxygens (including phenoxy) is 1. The topological polar surface area (TPSA) is 41.6 Å². The molecule has 0 aliphatic carbocycles. The van der Waals surface area contributed by atoms with Gasteiger partial charge in [-0.05, 0) is 25.1 Å². The molecule has 0 spiro atoms. The molecule has 18 heavy (non-hydrogen) atoms. The number of benzene rings is 1. The van der Waals surface area contributed by atoms with Gasteiger partial charge in [0.2, 0.25) is 5.91 Å². The van der Waals surface area contributed by atoms with Crippen molar-refractivity contribution < 1.29 is 9.53 Å². The maximum absolute atomic E-state index is 12.2. The minimum absolute atomic E-state index is 0.0539. The number of hydrogen-bond donors (Lipinski definition) is 1. The van der Waals surface area contributed by atoms with Crippen molar-refractivity contribution in [2.45, 2.75) is 6.42 Å². The normalized spacial score (nSPS) is 17.8. The summed E-state index contributed by atoms with van der Waals surface area (Å²) in [6.07, 6.45) is 0.777. The molecule has 4 heteroatoms. The van der Waals surface area contributed by atoms with Gasteiger partial charge in [0, 0.05) is 20.1 Å². The average Bonchev–Trinajstić information content (AvgIpc) is 2.43. The molecule has 0 saturated carbocycles. The van der Waals surface area contributed by atoms with Crippen molar-refractivity contribution in [1.82, 2.24) is 10.2 Å². The summed E-state index contributed by atoms with van der Waals surface area (Å²) in [4.78, 5) is 14.0. The zero-order chi connectivity index (χ0) is 13.0. The minimum Gasteiger partial charge on any atom is -0.492 e. The van der Waals surface area contributed by atoms with Crippen LogP contribution >= 0.6 is 0 Å². The average molecular weight is 248 g/mol. The third-order valence-corrected chi connectivity index (χ3v) is 3.30. The minimum atomic E-state index is -0.0539. The molecule has 1 aliphatic heterocycles. The van der Waals surface area contributed by atoms with Gasteiger partial charge in [0.1, 0.15) is 12.4 Å². The summed E-state index contributed by atoms with van der Waals surface area (Å²) in [6.45, 7) is 2.03. The van der Waals surface area contributed by atoms with Crippen LogP contribution in [0.1, 0.15) is 5.56 Å². The molecule has 1 aromatic rings. The van der Waals surface area contributed by atoms with Crippen LogP contribution in [0.2, 0.25) is 0 Å². The molecule has 0 fully saturated rings. The molecule has 98 valence electrons. The van der Waals surface area contributed by atoms with E-state index in [1.54, 1.807) is 4.90 Å². The Morgan fingerprint density at radius 1 is 1.50 bits per heavy atom. The van der Waals surface area contributed by atoms with E-state index in [1.807, 2.05) is 38.4 Å². The Morgan fingerprint density at radius 2 is 2.28 bits per heavy atom. The van der Waals surface area contributed by atoms with Crippen LogP contribution in [0.4, 0.5) is 0 Å². The van der Waals surface area contributed by atoms with Gasteiger partial charge in [0.25, 0.3) is 0 Å². The van der Waals surface area contributed by atoms with Gasteiger partial charge in [-0.1, -0.05) is 18.2 Å². The Balaban J connectivity index is 1.98. The third kappa shape index (κ3) is 2.82. The second-order valence-electron chi connectivity index (χ2n) is 4.68. The predicted octanol–water partition coefficient (Wildman–Crippen LogP) is 0.915. The van der Waals surface area contributed by atoms with Crippen LogP contribution in [0.5, 0.6) is 5.75 Å². The van der Waals surface area contributed by atoms with Crippen LogP contribution in [-0.2, 0) is 11.2 Å². The molecule has 1 N–H and O–H groups in total. The summed E-state index contributed by atoms with van der Waals surface area (Å²) in [5.41, 5.74) is 1.13. The van der Waals surface area contributed by atoms with E-state index in [-0.39, 0.29) is 11.8 Å². The predicted molar refractivity (Wildman–Crippen MR) is 70.7 cm³/mol. The SMILES string of the molecule is CNCCN(C)C(=O)C1COc2ccccc2C1. The second kappa shape index (κ2) is 5.87. The highest BCUT2D eigenvalue weighted by molar-refractivity contribution is 5.79. The molecule has 0 radical (unpaired) electrons. The molecule has 1 unspecified atom stereocenters. The first kappa shape index (κ1) is 12.9. The van der Waals surface area contributed by atoms with E-state index in [1.165, 1.54) is 0 Å². The van der Waals surface area contributed by atoms with Gasteiger partial charge < -0.3 is 15.0 Å². The summed E-state index contributed by atoms with van der Waals surface area (Å²) >= 11 is 0. The molecule has 1 heterocycles. The number of rotatable bonds is 4. The molecule has 1 aromatic carbocycles. The highest BCUT2D eigenvalue weighted by Crippen LogP contribution is 2.27.